The monoisotopic (exact) mass is 434 g/mol. The van der Waals surface area contributed by atoms with E-state index in [2.05, 4.69) is 5.32 Å². The van der Waals surface area contributed by atoms with Crippen LogP contribution in [0.2, 0.25) is 0 Å². The van der Waals surface area contributed by atoms with Crippen LogP contribution in [0.5, 0.6) is 5.75 Å². The molecule has 2 aromatic carbocycles. The summed E-state index contributed by atoms with van der Waals surface area (Å²) < 4.78 is 0.617. The van der Waals surface area contributed by atoms with Crippen LogP contribution in [0.1, 0.15) is 38.8 Å². The summed E-state index contributed by atoms with van der Waals surface area (Å²) in [5, 5.41) is 24.4. The van der Waals surface area contributed by atoms with Crippen molar-refractivity contribution in [3.05, 3.63) is 58.7 Å². The van der Waals surface area contributed by atoms with Crippen LogP contribution in [0.4, 0.5) is 5.00 Å². The molecule has 0 aliphatic carbocycles. The number of aromatic hydroxyl groups is 1. The van der Waals surface area contributed by atoms with Crippen LogP contribution in [0.3, 0.4) is 0 Å². The number of halogens is 1. The van der Waals surface area contributed by atoms with Crippen LogP contribution in [0.25, 0.3) is 10.1 Å². The number of carboxylic acid groups (broad SMARTS) is 1. The number of Topliss-reactive ketones (excluding diaryl/α,β-unsaturated/α-hetero) is 1. The van der Waals surface area contributed by atoms with Gasteiger partial charge < -0.3 is 20.4 Å². The summed E-state index contributed by atoms with van der Waals surface area (Å²) in [6.07, 6.45) is 0. The quantitative estimate of drug-likeness (QED) is 0.471. The van der Waals surface area contributed by atoms with E-state index < -0.39 is 5.97 Å². The molecule has 0 radical (unpaired) electrons. The SMILES string of the molecule is CC(=O)c1cc(O)c(CN(C)C)c2sc(NCc3ccccc3)c(C(=O)O)c12.Cl. The number of carbonyl (C=O) groups is 2. The third kappa shape index (κ3) is 4.70. The van der Waals surface area contributed by atoms with Crippen LogP contribution in [0, 0.1) is 0 Å². The van der Waals surface area contributed by atoms with Gasteiger partial charge in [-0.3, -0.25) is 4.79 Å². The Hall–Kier alpha value is -2.61. The maximum Gasteiger partial charge on any atom is 0.339 e. The molecule has 0 spiro atoms. The van der Waals surface area contributed by atoms with E-state index in [1.165, 1.54) is 24.3 Å². The molecule has 29 heavy (non-hydrogen) atoms. The number of anilines is 1. The van der Waals surface area contributed by atoms with Crippen LogP contribution < -0.4 is 5.32 Å². The molecule has 0 fully saturated rings. The lowest BCUT2D eigenvalue weighted by molar-refractivity contribution is 0.0700. The Balaban J connectivity index is 0.00000300. The first-order chi connectivity index (χ1) is 13.3. The molecular formula is C21H23ClN2O4S. The lowest BCUT2D eigenvalue weighted by Gasteiger charge is -2.14. The highest BCUT2D eigenvalue weighted by Gasteiger charge is 2.26. The summed E-state index contributed by atoms with van der Waals surface area (Å²) in [6.45, 7) is 2.26. The standard InChI is InChI=1S/C21H22N2O4S.ClH/c1-12(24)14-9-16(25)15(11-23(2)3)19-17(14)18(21(26)27)20(28-19)22-10-13-7-5-4-6-8-13;/h4-9,22,25H,10-11H2,1-3H3,(H,26,27);1H. The maximum absolute atomic E-state index is 12.2. The Morgan fingerprint density at radius 3 is 2.38 bits per heavy atom. The van der Waals surface area contributed by atoms with E-state index >= 15 is 0 Å². The van der Waals surface area contributed by atoms with Crippen LogP contribution in [-0.4, -0.2) is 41.0 Å². The van der Waals surface area contributed by atoms with Gasteiger partial charge >= 0.3 is 5.97 Å². The second-order valence-corrected chi connectivity index (χ2v) is 7.89. The van der Waals surface area contributed by atoms with Crippen molar-refractivity contribution in [1.29, 1.82) is 0 Å². The Labute approximate surface area is 179 Å². The molecule has 0 bridgehead atoms. The van der Waals surface area contributed by atoms with E-state index in [1.807, 2.05) is 49.3 Å². The lowest BCUT2D eigenvalue weighted by atomic mass is 9.99. The molecule has 0 amide bonds. The van der Waals surface area contributed by atoms with Gasteiger partial charge in [0.15, 0.2) is 5.78 Å². The molecule has 3 aromatic rings. The number of phenols is 1. The molecule has 0 saturated carbocycles. The van der Waals surface area contributed by atoms with E-state index in [1.54, 1.807) is 0 Å². The normalized spacial score (nSPS) is 10.8. The third-order valence-corrected chi connectivity index (χ3v) is 5.61. The number of carbonyl (C=O) groups excluding carboxylic acids is 1. The van der Waals surface area contributed by atoms with Gasteiger partial charge in [-0.15, -0.1) is 23.7 Å². The smallest absolute Gasteiger partial charge is 0.339 e. The second-order valence-electron chi connectivity index (χ2n) is 6.87. The summed E-state index contributed by atoms with van der Waals surface area (Å²) in [5.74, 6) is -1.39. The summed E-state index contributed by atoms with van der Waals surface area (Å²) in [4.78, 5) is 26.2. The zero-order chi connectivity index (χ0) is 20.4. The minimum absolute atomic E-state index is 0. The minimum Gasteiger partial charge on any atom is -0.508 e. The number of rotatable bonds is 7. The molecule has 0 unspecified atom stereocenters. The van der Waals surface area contributed by atoms with Crippen molar-refractivity contribution in [2.24, 2.45) is 0 Å². The number of nitrogens with zero attached hydrogens (tertiary/aromatic N) is 1. The van der Waals surface area contributed by atoms with Gasteiger partial charge in [0.2, 0.25) is 0 Å². The van der Waals surface area contributed by atoms with E-state index in [-0.39, 0.29) is 35.1 Å². The highest BCUT2D eigenvalue weighted by atomic mass is 35.5. The Morgan fingerprint density at radius 1 is 1.17 bits per heavy atom. The fourth-order valence-corrected chi connectivity index (χ4v) is 4.41. The maximum atomic E-state index is 12.2. The van der Waals surface area contributed by atoms with Crippen molar-refractivity contribution in [3.63, 3.8) is 0 Å². The first-order valence-electron chi connectivity index (χ1n) is 8.77. The summed E-state index contributed by atoms with van der Waals surface area (Å²) in [6, 6.07) is 11.0. The predicted molar refractivity (Wildman–Crippen MR) is 119 cm³/mol. The number of hydrogen-bond acceptors (Lipinski definition) is 6. The van der Waals surface area contributed by atoms with Gasteiger partial charge in [-0.25, -0.2) is 4.79 Å². The highest BCUT2D eigenvalue weighted by Crippen LogP contribution is 2.43. The van der Waals surface area contributed by atoms with E-state index in [4.69, 9.17) is 0 Å². The van der Waals surface area contributed by atoms with E-state index in [9.17, 15) is 19.8 Å². The first-order valence-corrected chi connectivity index (χ1v) is 9.59. The number of carboxylic acids is 1. The number of fused-ring (bicyclic) bond motifs is 1. The van der Waals surface area contributed by atoms with Crippen LogP contribution in [-0.2, 0) is 13.1 Å². The average Bonchev–Trinajstić information content (AvgIpc) is 3.02. The number of nitrogens with one attached hydrogen (secondary N) is 1. The number of phenolic OH excluding ortho intramolecular Hbond substituents is 1. The molecule has 3 N–H and O–H groups in total. The molecule has 6 nitrogen and oxygen atoms in total. The van der Waals surface area contributed by atoms with E-state index in [0.29, 0.717) is 33.7 Å². The van der Waals surface area contributed by atoms with Crippen LogP contribution >= 0.6 is 23.7 Å². The van der Waals surface area contributed by atoms with Gasteiger partial charge in [0.1, 0.15) is 16.3 Å². The molecule has 154 valence electrons. The Bertz CT molecular complexity index is 1050. The molecule has 1 heterocycles. The number of thiophene rings is 1. The molecule has 8 heteroatoms. The van der Waals surface area contributed by atoms with Gasteiger partial charge in [-0.1, -0.05) is 30.3 Å². The van der Waals surface area contributed by atoms with Crippen molar-refractivity contribution < 1.29 is 19.8 Å². The zero-order valence-electron chi connectivity index (χ0n) is 16.4. The zero-order valence-corrected chi connectivity index (χ0v) is 18.0. The molecule has 1 aromatic heterocycles. The van der Waals surface area contributed by atoms with Crippen LogP contribution in [0.15, 0.2) is 36.4 Å². The van der Waals surface area contributed by atoms with Gasteiger partial charge in [0.05, 0.1) is 0 Å². The summed E-state index contributed by atoms with van der Waals surface area (Å²) in [5.41, 5.74) is 1.92. The molecule has 3 rings (SSSR count). The number of ketones is 1. The molecule has 0 saturated heterocycles. The van der Waals surface area contributed by atoms with Gasteiger partial charge in [-0.2, -0.15) is 0 Å². The number of aromatic carboxylic acids is 1. The van der Waals surface area contributed by atoms with Crippen molar-refractivity contribution in [2.45, 2.75) is 20.0 Å². The topological polar surface area (TPSA) is 89.9 Å². The fourth-order valence-electron chi connectivity index (χ4n) is 3.17. The third-order valence-electron chi connectivity index (χ3n) is 4.41. The fraction of sp³-hybridized carbons (Fsp3) is 0.238. The number of hydrogen-bond donors (Lipinski definition) is 3. The first kappa shape index (κ1) is 22.7. The largest absolute Gasteiger partial charge is 0.508 e. The molecule has 0 aliphatic rings. The summed E-state index contributed by atoms with van der Waals surface area (Å²) >= 11 is 1.25. The van der Waals surface area contributed by atoms with Gasteiger partial charge in [0.25, 0.3) is 0 Å². The molecule has 0 atom stereocenters. The lowest BCUT2D eigenvalue weighted by Crippen LogP contribution is -2.11. The predicted octanol–water partition coefficient (Wildman–Crippen LogP) is 4.60. The average molecular weight is 435 g/mol. The second kappa shape index (κ2) is 9.26. The molecule has 0 aliphatic heterocycles. The van der Waals surface area contributed by atoms with E-state index in [0.717, 1.165) is 5.56 Å². The van der Waals surface area contributed by atoms with Crippen molar-refractivity contribution >= 4 is 50.6 Å². The van der Waals surface area contributed by atoms with Crippen molar-refractivity contribution in [3.8, 4) is 5.75 Å². The Morgan fingerprint density at radius 2 is 1.83 bits per heavy atom. The Kier molecular flexibility index (Phi) is 7.24. The summed E-state index contributed by atoms with van der Waals surface area (Å²) in [7, 11) is 3.73. The highest BCUT2D eigenvalue weighted by molar-refractivity contribution is 7.23. The van der Waals surface area contributed by atoms with Gasteiger partial charge in [0, 0.05) is 34.3 Å². The van der Waals surface area contributed by atoms with Crippen molar-refractivity contribution in [1.82, 2.24) is 4.90 Å². The van der Waals surface area contributed by atoms with Crippen molar-refractivity contribution in [2.75, 3.05) is 19.4 Å². The van der Waals surface area contributed by atoms with Gasteiger partial charge in [-0.05, 0) is 32.6 Å². The minimum atomic E-state index is -1.11. The number of benzene rings is 2. The molecular weight excluding hydrogens is 412 g/mol.